The molecular weight excluding hydrogens is 498 g/mol. The van der Waals surface area contributed by atoms with E-state index in [9.17, 15) is 29.5 Å². The Hall–Kier alpha value is -3.57. The number of amidine groups is 1. The lowest BCUT2D eigenvalue weighted by Gasteiger charge is -2.41. The molecule has 0 aliphatic carbocycles. The third-order valence-corrected chi connectivity index (χ3v) is 7.20. The van der Waals surface area contributed by atoms with E-state index in [0.717, 1.165) is 9.89 Å². The fourth-order valence-corrected chi connectivity index (χ4v) is 4.97. The molecule has 1 aromatic heterocycles. The lowest BCUT2D eigenvalue weighted by Crippen LogP contribution is -2.64. The number of nitrogens with one attached hydrogen (secondary N) is 3. The molecule has 12 nitrogen and oxygen atoms in total. The molecule has 1 unspecified atom stereocenters. The molecule has 5 amide bonds. The van der Waals surface area contributed by atoms with Gasteiger partial charge in [-0.15, -0.1) is 11.3 Å². The third-order valence-electron chi connectivity index (χ3n) is 6.26. The van der Waals surface area contributed by atoms with Gasteiger partial charge in [-0.25, -0.2) is 14.6 Å². The summed E-state index contributed by atoms with van der Waals surface area (Å²) in [6.45, 7) is 4.51. The highest BCUT2D eigenvalue weighted by atomic mass is 32.1. The number of Topliss-reactive ketones (excluding diaryl/α,β-unsaturated/α-hetero) is 1. The molecule has 0 bridgehead atoms. The second-order valence-electron chi connectivity index (χ2n) is 9.47. The van der Waals surface area contributed by atoms with Gasteiger partial charge in [-0.3, -0.25) is 19.4 Å². The molecule has 3 heterocycles. The van der Waals surface area contributed by atoms with Crippen molar-refractivity contribution in [1.29, 1.82) is 0 Å². The van der Waals surface area contributed by atoms with Gasteiger partial charge in [0.05, 0.1) is 0 Å². The second kappa shape index (κ2) is 13.1. The van der Waals surface area contributed by atoms with Crippen LogP contribution in [0.25, 0.3) is 5.53 Å². The predicted molar refractivity (Wildman–Crippen MR) is 135 cm³/mol. The number of thiophene rings is 1. The molecule has 13 heteroatoms. The minimum absolute atomic E-state index is 0.0216. The number of amides is 5. The van der Waals surface area contributed by atoms with Crippen LogP contribution >= 0.6 is 11.3 Å². The fraction of sp³-hybridized carbons (Fsp3) is 0.583. The first-order valence-electron chi connectivity index (χ1n) is 12.5. The molecule has 1 aromatic rings. The first kappa shape index (κ1) is 28.0. The maximum atomic E-state index is 13.5. The molecule has 37 heavy (non-hydrogen) atoms. The van der Waals surface area contributed by atoms with Crippen LogP contribution in [0.4, 0.5) is 4.79 Å². The Bertz CT molecular complexity index is 1070. The summed E-state index contributed by atoms with van der Waals surface area (Å²) in [7, 11) is 0. The van der Waals surface area contributed by atoms with Gasteiger partial charge in [0, 0.05) is 30.8 Å². The standard InChI is InChI=1S/C24H33N7O5S/c1-15(2)7-9-19(32)21(29-25)28-22(34)18-6-3-13-30-20(33)10-8-17(23(35)31(18)30)27-24(36)26-12-11-16-5-4-14-37-16/h4-5,14-15,17-18H,3,6-13H2,1-2H3,(H,28,34)(H2,26,27,36)/t17?,18-/m0/s1. The van der Waals surface area contributed by atoms with Crippen molar-refractivity contribution >= 4 is 46.7 Å². The maximum absolute atomic E-state index is 13.5. The number of carbonyl (C=O) groups is 5. The Morgan fingerprint density at radius 1 is 1.24 bits per heavy atom. The number of hydrogen-bond acceptors (Lipinski definition) is 6. The van der Waals surface area contributed by atoms with Crippen molar-refractivity contribution in [2.45, 2.75) is 70.9 Å². The van der Waals surface area contributed by atoms with Crippen molar-refractivity contribution in [2.24, 2.45) is 5.92 Å². The highest BCUT2D eigenvalue weighted by Gasteiger charge is 2.46. The molecule has 3 N–H and O–H groups in total. The van der Waals surface area contributed by atoms with Crippen LogP contribution in [-0.2, 0) is 25.6 Å². The van der Waals surface area contributed by atoms with E-state index < -0.39 is 41.5 Å². The largest absolute Gasteiger partial charge is 0.497 e. The van der Waals surface area contributed by atoms with E-state index in [2.05, 4.69) is 20.7 Å². The lowest BCUT2D eigenvalue weighted by molar-refractivity contribution is -0.175. The first-order valence-corrected chi connectivity index (χ1v) is 13.4. The molecule has 2 saturated heterocycles. The Morgan fingerprint density at radius 3 is 2.70 bits per heavy atom. The zero-order valence-corrected chi connectivity index (χ0v) is 21.9. The van der Waals surface area contributed by atoms with Gasteiger partial charge in [-0.2, -0.15) is 5.32 Å². The average molecular weight is 532 g/mol. The summed E-state index contributed by atoms with van der Waals surface area (Å²) in [6, 6.07) is 1.23. The van der Waals surface area contributed by atoms with Gasteiger partial charge < -0.3 is 21.0 Å². The molecule has 2 aliphatic rings. The van der Waals surface area contributed by atoms with Crippen LogP contribution in [0.15, 0.2) is 17.5 Å². The Morgan fingerprint density at radius 2 is 2.03 bits per heavy atom. The smallest absolute Gasteiger partial charge is 0.403 e. The quantitative estimate of drug-likeness (QED) is 0.189. The van der Waals surface area contributed by atoms with Crippen molar-refractivity contribution in [2.75, 3.05) is 13.1 Å². The summed E-state index contributed by atoms with van der Waals surface area (Å²) in [5.74, 6) is -2.46. The minimum atomic E-state index is -1.11. The topological polar surface area (TPSA) is 164 Å². The second-order valence-corrected chi connectivity index (χ2v) is 10.5. The monoisotopic (exact) mass is 531 g/mol. The molecule has 2 fully saturated rings. The van der Waals surface area contributed by atoms with E-state index in [-0.39, 0.29) is 44.1 Å². The van der Waals surface area contributed by atoms with Gasteiger partial charge in [-0.1, -0.05) is 19.9 Å². The van der Waals surface area contributed by atoms with Gasteiger partial charge in [0.25, 0.3) is 11.7 Å². The molecule has 2 atom stereocenters. The highest BCUT2D eigenvalue weighted by molar-refractivity contribution is 7.09. The molecule has 0 saturated carbocycles. The van der Waals surface area contributed by atoms with E-state index in [0.29, 0.717) is 25.8 Å². The molecular formula is C24H33N7O5S. The molecule has 200 valence electrons. The maximum Gasteiger partial charge on any atom is 0.403 e. The fourth-order valence-electron chi connectivity index (χ4n) is 4.26. The number of fused-ring (bicyclic) bond motifs is 1. The van der Waals surface area contributed by atoms with Crippen LogP contribution in [0.2, 0.25) is 0 Å². The van der Waals surface area contributed by atoms with Gasteiger partial charge >= 0.3 is 17.8 Å². The molecule has 0 aromatic carbocycles. The molecule has 3 rings (SSSR count). The van der Waals surface area contributed by atoms with Crippen molar-refractivity contribution in [3.05, 3.63) is 27.9 Å². The number of nitrogens with zero attached hydrogens (tertiary/aromatic N) is 4. The normalized spacial score (nSPS) is 19.5. The van der Waals surface area contributed by atoms with Crippen molar-refractivity contribution in [3.8, 4) is 0 Å². The minimum Gasteiger partial charge on any atom is -0.497 e. The highest BCUT2D eigenvalue weighted by Crippen LogP contribution is 2.25. The summed E-state index contributed by atoms with van der Waals surface area (Å²) >= 11 is 1.58. The first-order chi connectivity index (χ1) is 17.7. The average Bonchev–Trinajstić information content (AvgIpc) is 3.36. The van der Waals surface area contributed by atoms with Crippen molar-refractivity contribution in [3.63, 3.8) is 0 Å². The SMILES string of the molecule is CC(C)CCC(=O)C(=[N+]=[N-])NC(=O)[C@@H]1CCCN2C(=O)CCC(NC(=O)NCCc3cccs3)C(=O)N12. The van der Waals surface area contributed by atoms with Crippen LogP contribution in [0.1, 0.15) is 57.2 Å². The van der Waals surface area contributed by atoms with E-state index >= 15 is 0 Å². The zero-order valence-electron chi connectivity index (χ0n) is 21.1. The Labute approximate surface area is 219 Å². The van der Waals surface area contributed by atoms with E-state index in [1.165, 1.54) is 5.01 Å². The van der Waals surface area contributed by atoms with Crippen LogP contribution in [0.5, 0.6) is 0 Å². The number of hydrogen-bond donors (Lipinski definition) is 3. The van der Waals surface area contributed by atoms with Crippen LogP contribution in [0, 0.1) is 5.92 Å². The van der Waals surface area contributed by atoms with Crippen LogP contribution < -0.4 is 16.0 Å². The van der Waals surface area contributed by atoms with Gasteiger partial charge in [0.15, 0.2) is 6.04 Å². The van der Waals surface area contributed by atoms with E-state index in [1.807, 2.05) is 31.4 Å². The molecule has 0 spiro atoms. The number of carbonyl (C=O) groups excluding carboxylic acids is 5. The number of hydrazine groups is 1. The Balaban J connectivity index is 1.67. The van der Waals surface area contributed by atoms with E-state index in [4.69, 9.17) is 0 Å². The predicted octanol–water partition coefficient (Wildman–Crippen LogP) is 1.24. The summed E-state index contributed by atoms with van der Waals surface area (Å²) in [5, 5.41) is 11.9. The number of urea groups is 1. The Kier molecular flexibility index (Phi) is 9.93. The summed E-state index contributed by atoms with van der Waals surface area (Å²) in [4.78, 5) is 68.3. The van der Waals surface area contributed by atoms with Crippen LogP contribution in [0.3, 0.4) is 0 Å². The van der Waals surface area contributed by atoms with Gasteiger partial charge in [0.2, 0.25) is 5.91 Å². The van der Waals surface area contributed by atoms with E-state index in [1.54, 1.807) is 11.3 Å². The number of rotatable bonds is 9. The van der Waals surface area contributed by atoms with Crippen molar-refractivity contribution in [1.82, 2.24) is 26.0 Å². The lowest BCUT2D eigenvalue weighted by atomic mass is 10.0. The zero-order chi connectivity index (χ0) is 26.9. The molecule has 0 radical (unpaired) electrons. The summed E-state index contributed by atoms with van der Waals surface area (Å²) in [6.07, 6.45) is 2.09. The molecule has 2 aliphatic heterocycles. The van der Waals surface area contributed by atoms with Crippen molar-refractivity contribution < 1.29 is 28.8 Å². The van der Waals surface area contributed by atoms with Crippen LogP contribution in [-0.4, -0.2) is 75.4 Å². The summed E-state index contributed by atoms with van der Waals surface area (Å²) < 4.78 is 0. The number of ketones is 1. The van der Waals surface area contributed by atoms with Gasteiger partial charge in [-0.05, 0) is 49.5 Å². The third kappa shape index (κ3) is 7.46. The summed E-state index contributed by atoms with van der Waals surface area (Å²) in [5.41, 5.74) is 9.31. The van der Waals surface area contributed by atoms with Gasteiger partial charge in [0.1, 0.15) is 6.04 Å².